The van der Waals surface area contributed by atoms with Gasteiger partial charge in [-0.3, -0.25) is 4.98 Å². The van der Waals surface area contributed by atoms with E-state index in [0.717, 1.165) is 72.1 Å². The molecule has 1 saturated heterocycles. The first-order valence-corrected chi connectivity index (χ1v) is 11.3. The van der Waals surface area contributed by atoms with Crippen LogP contribution in [0.2, 0.25) is 0 Å². The lowest BCUT2D eigenvalue weighted by Crippen LogP contribution is -2.32. The smallest absolute Gasteiger partial charge is 0.341 e. The highest BCUT2D eigenvalue weighted by molar-refractivity contribution is 7.09. The van der Waals surface area contributed by atoms with Gasteiger partial charge < -0.3 is 14.5 Å². The van der Waals surface area contributed by atoms with Gasteiger partial charge in [-0.25, -0.2) is 9.78 Å². The minimum Gasteiger partial charge on any atom is -0.462 e. The zero-order valence-electron chi connectivity index (χ0n) is 17.7. The number of carbonyl (C=O) groups is 1. The molecule has 0 unspecified atom stereocenters. The van der Waals surface area contributed by atoms with Gasteiger partial charge in [0.05, 0.1) is 17.8 Å². The Balaban J connectivity index is 1.69. The summed E-state index contributed by atoms with van der Waals surface area (Å²) in [4.78, 5) is 26.6. The van der Waals surface area contributed by atoms with Crippen LogP contribution in [0.25, 0.3) is 10.9 Å². The van der Waals surface area contributed by atoms with Crippen LogP contribution in [-0.2, 0) is 11.2 Å². The Bertz CT molecular complexity index is 1050. The Morgan fingerprint density at radius 1 is 1.17 bits per heavy atom. The van der Waals surface area contributed by atoms with Crippen molar-refractivity contribution < 1.29 is 9.53 Å². The van der Waals surface area contributed by atoms with Crippen molar-refractivity contribution in [1.82, 2.24) is 14.3 Å². The zero-order chi connectivity index (χ0) is 21.1. The molecule has 0 spiro atoms. The van der Waals surface area contributed by atoms with Gasteiger partial charge in [0.2, 0.25) is 5.13 Å². The minimum absolute atomic E-state index is 0.318. The number of hydrogen-bond acceptors (Lipinski definition) is 8. The number of carbonyl (C=O) groups excluding carboxylic acids is 1. The number of pyridine rings is 1. The molecule has 0 aliphatic carbocycles. The summed E-state index contributed by atoms with van der Waals surface area (Å²) in [5, 5.41) is 1.98. The molecule has 3 aromatic rings. The number of anilines is 2. The summed E-state index contributed by atoms with van der Waals surface area (Å²) in [6.07, 6.45) is 3.49. The third-order valence-corrected chi connectivity index (χ3v) is 6.24. The fraction of sp³-hybridized carbons (Fsp3) is 0.455. The SMILES string of the molecule is CCOC(=O)c1cnc2c(C)cccc2c1N1CCCN(c2nc(CC)ns2)CC1. The molecule has 30 heavy (non-hydrogen) atoms. The molecule has 0 radical (unpaired) electrons. The predicted molar refractivity (Wildman–Crippen MR) is 121 cm³/mol. The molecule has 1 fully saturated rings. The van der Waals surface area contributed by atoms with Gasteiger partial charge in [-0.1, -0.05) is 25.1 Å². The number of aromatic nitrogens is 3. The van der Waals surface area contributed by atoms with Crippen molar-refractivity contribution in [3.05, 3.63) is 41.3 Å². The molecule has 0 amide bonds. The number of aryl methyl sites for hydroxylation is 2. The first-order chi connectivity index (χ1) is 14.6. The lowest BCUT2D eigenvalue weighted by atomic mass is 10.0. The van der Waals surface area contributed by atoms with Crippen molar-refractivity contribution in [1.29, 1.82) is 0 Å². The fourth-order valence-corrected chi connectivity index (χ4v) is 4.71. The van der Waals surface area contributed by atoms with E-state index in [2.05, 4.69) is 31.1 Å². The summed E-state index contributed by atoms with van der Waals surface area (Å²) in [6, 6.07) is 6.12. The molecule has 0 atom stereocenters. The number of para-hydroxylation sites is 1. The largest absolute Gasteiger partial charge is 0.462 e. The van der Waals surface area contributed by atoms with E-state index < -0.39 is 0 Å². The minimum atomic E-state index is -0.318. The number of benzene rings is 1. The summed E-state index contributed by atoms with van der Waals surface area (Å²) in [6.45, 7) is 9.69. The van der Waals surface area contributed by atoms with Crippen LogP contribution in [0, 0.1) is 6.92 Å². The van der Waals surface area contributed by atoms with Gasteiger partial charge in [-0.05, 0) is 25.8 Å². The Labute approximate surface area is 180 Å². The number of fused-ring (bicyclic) bond motifs is 1. The molecule has 0 bridgehead atoms. The standard InChI is InChI=1S/C22H27N5O2S/c1-4-18-24-22(30-25-18)27-11-7-10-26(12-13-27)20-16-9-6-8-15(3)19(16)23-14-17(20)21(28)29-5-2/h6,8-9,14H,4-5,7,10-13H2,1-3H3. The molecule has 0 N–H and O–H groups in total. The van der Waals surface area contributed by atoms with Crippen molar-refractivity contribution in [2.24, 2.45) is 0 Å². The summed E-state index contributed by atoms with van der Waals surface area (Å²) in [7, 11) is 0. The highest BCUT2D eigenvalue weighted by Gasteiger charge is 2.25. The second-order valence-electron chi connectivity index (χ2n) is 7.39. The van der Waals surface area contributed by atoms with Crippen LogP contribution >= 0.6 is 11.5 Å². The molecule has 1 aliphatic rings. The lowest BCUT2D eigenvalue weighted by Gasteiger charge is -2.26. The van der Waals surface area contributed by atoms with Gasteiger partial charge in [0.25, 0.3) is 0 Å². The quantitative estimate of drug-likeness (QED) is 0.575. The number of nitrogens with zero attached hydrogens (tertiary/aromatic N) is 5. The Morgan fingerprint density at radius 2 is 1.97 bits per heavy atom. The molecule has 3 heterocycles. The van der Waals surface area contributed by atoms with Crippen molar-refractivity contribution in [2.75, 3.05) is 42.6 Å². The first kappa shape index (κ1) is 20.5. The predicted octanol–water partition coefficient (Wildman–Crippen LogP) is 3.85. The molecule has 7 nitrogen and oxygen atoms in total. The molecule has 1 aliphatic heterocycles. The molecular weight excluding hydrogens is 398 g/mol. The van der Waals surface area contributed by atoms with Gasteiger partial charge in [0.15, 0.2) is 0 Å². The Hall–Kier alpha value is -2.74. The van der Waals surface area contributed by atoms with Gasteiger partial charge in [-0.15, -0.1) is 0 Å². The first-order valence-electron chi connectivity index (χ1n) is 10.5. The summed E-state index contributed by atoms with van der Waals surface area (Å²) in [5.41, 5.74) is 3.49. The zero-order valence-corrected chi connectivity index (χ0v) is 18.5. The van der Waals surface area contributed by atoms with Crippen LogP contribution in [-0.4, -0.2) is 53.1 Å². The molecule has 2 aromatic heterocycles. The Kier molecular flexibility index (Phi) is 6.13. The van der Waals surface area contributed by atoms with E-state index in [-0.39, 0.29) is 5.97 Å². The maximum atomic E-state index is 12.7. The maximum Gasteiger partial charge on any atom is 0.341 e. The van der Waals surface area contributed by atoms with Crippen molar-refractivity contribution >= 4 is 39.2 Å². The summed E-state index contributed by atoms with van der Waals surface area (Å²) < 4.78 is 9.77. The van der Waals surface area contributed by atoms with E-state index in [4.69, 9.17) is 4.74 Å². The van der Waals surface area contributed by atoms with Gasteiger partial charge in [-0.2, -0.15) is 4.37 Å². The van der Waals surface area contributed by atoms with Crippen molar-refractivity contribution in [2.45, 2.75) is 33.6 Å². The molecule has 4 rings (SSSR count). The number of esters is 1. The van der Waals surface area contributed by atoms with Gasteiger partial charge in [0.1, 0.15) is 11.4 Å². The van der Waals surface area contributed by atoms with Crippen LogP contribution in [0.5, 0.6) is 0 Å². The highest BCUT2D eigenvalue weighted by atomic mass is 32.1. The molecule has 158 valence electrons. The monoisotopic (exact) mass is 425 g/mol. The van der Waals surface area contributed by atoms with Gasteiger partial charge >= 0.3 is 5.97 Å². The maximum absolute atomic E-state index is 12.7. The van der Waals surface area contributed by atoms with E-state index in [1.807, 2.05) is 32.0 Å². The summed E-state index contributed by atoms with van der Waals surface area (Å²) >= 11 is 1.47. The Morgan fingerprint density at radius 3 is 2.73 bits per heavy atom. The molecule has 0 saturated carbocycles. The third-order valence-electron chi connectivity index (χ3n) is 5.42. The summed E-state index contributed by atoms with van der Waals surface area (Å²) in [5.74, 6) is 0.581. The number of hydrogen-bond donors (Lipinski definition) is 0. The molecule has 1 aromatic carbocycles. The van der Waals surface area contributed by atoms with Crippen LogP contribution in [0.1, 0.15) is 42.0 Å². The van der Waals surface area contributed by atoms with Crippen LogP contribution in [0.3, 0.4) is 0 Å². The van der Waals surface area contributed by atoms with Crippen LogP contribution in [0.15, 0.2) is 24.4 Å². The van der Waals surface area contributed by atoms with Crippen LogP contribution < -0.4 is 9.80 Å². The number of rotatable bonds is 5. The second-order valence-corrected chi connectivity index (χ2v) is 8.12. The molecular formula is C22H27N5O2S. The second kappa shape index (κ2) is 8.95. The van der Waals surface area contributed by atoms with Crippen molar-refractivity contribution in [3.8, 4) is 0 Å². The highest BCUT2D eigenvalue weighted by Crippen LogP contribution is 2.33. The topological polar surface area (TPSA) is 71.5 Å². The van der Waals surface area contributed by atoms with Gasteiger partial charge in [0, 0.05) is 55.7 Å². The molecule has 8 heteroatoms. The lowest BCUT2D eigenvalue weighted by molar-refractivity contribution is 0.0527. The van der Waals surface area contributed by atoms with Crippen LogP contribution in [0.4, 0.5) is 10.8 Å². The third kappa shape index (κ3) is 3.96. The normalized spacial score (nSPS) is 14.8. The average Bonchev–Trinajstić information content (AvgIpc) is 3.11. The van der Waals surface area contributed by atoms with E-state index in [1.54, 1.807) is 6.20 Å². The van der Waals surface area contributed by atoms with Crippen molar-refractivity contribution in [3.63, 3.8) is 0 Å². The fourth-order valence-electron chi connectivity index (χ4n) is 3.90. The van der Waals surface area contributed by atoms with E-state index in [9.17, 15) is 4.79 Å². The number of ether oxygens (including phenoxy) is 1. The van der Waals surface area contributed by atoms with E-state index >= 15 is 0 Å². The van der Waals surface area contributed by atoms with E-state index in [0.29, 0.717) is 12.2 Å². The average molecular weight is 426 g/mol. The van der Waals surface area contributed by atoms with E-state index in [1.165, 1.54) is 11.5 Å².